The molecule has 1 nitrogen and oxygen atoms in total. The van der Waals surface area contributed by atoms with Gasteiger partial charge in [0.25, 0.3) is 0 Å². The predicted molar refractivity (Wildman–Crippen MR) is 56.2 cm³/mol. The Morgan fingerprint density at radius 2 is 2.36 bits per heavy atom. The van der Waals surface area contributed by atoms with Crippen LogP contribution in [-0.4, -0.2) is 19.3 Å². The highest BCUT2D eigenvalue weighted by atomic mass is 32.1. The lowest BCUT2D eigenvalue weighted by molar-refractivity contribution is 0.988. The van der Waals surface area contributed by atoms with Crippen LogP contribution in [0.25, 0.3) is 0 Å². The molecule has 0 spiro atoms. The van der Waals surface area contributed by atoms with Crippen LogP contribution >= 0.6 is 24.0 Å². The molecule has 1 aromatic rings. The summed E-state index contributed by atoms with van der Waals surface area (Å²) in [7, 11) is 2.11. The van der Waals surface area contributed by atoms with Gasteiger partial charge in [0.1, 0.15) is 0 Å². The fraction of sp³-hybridized carbons (Fsp3) is 0.500. The Morgan fingerprint density at radius 1 is 1.64 bits per heavy atom. The topological polar surface area (TPSA) is 3.24 Å². The zero-order chi connectivity index (χ0) is 8.27. The first-order valence-corrected chi connectivity index (χ1v) is 5.13. The molecule has 0 fully saturated rings. The monoisotopic (exact) mass is 187 g/mol. The highest BCUT2D eigenvalue weighted by Gasteiger charge is 2.03. The van der Waals surface area contributed by atoms with Crippen LogP contribution in [0.5, 0.6) is 0 Å². The molecule has 1 rings (SSSR count). The Labute approximate surface area is 77.4 Å². The van der Waals surface area contributed by atoms with E-state index in [4.69, 9.17) is 0 Å². The SMILES string of the molecule is Cc1ccsc1N(C)CCS. The molecule has 3 heteroatoms. The number of hydrogen-bond donors (Lipinski definition) is 1. The standard InChI is InChI=1S/C8H13NS2/c1-7-3-6-11-8(7)9(2)4-5-10/h3,6,10H,4-5H2,1-2H3. The van der Waals surface area contributed by atoms with Crippen LogP contribution in [0.2, 0.25) is 0 Å². The zero-order valence-corrected chi connectivity index (χ0v) is 8.58. The Hall–Kier alpha value is -0.150. The summed E-state index contributed by atoms with van der Waals surface area (Å²) in [5.41, 5.74) is 1.36. The minimum absolute atomic E-state index is 0.911. The second-order valence-corrected chi connectivity index (χ2v) is 3.90. The Balaban J connectivity index is 2.67. The minimum Gasteiger partial charge on any atom is -0.365 e. The van der Waals surface area contributed by atoms with Gasteiger partial charge < -0.3 is 4.90 Å². The van der Waals surface area contributed by atoms with Gasteiger partial charge in [-0.3, -0.25) is 0 Å². The fourth-order valence-corrected chi connectivity index (χ4v) is 2.23. The largest absolute Gasteiger partial charge is 0.365 e. The number of hydrogen-bond acceptors (Lipinski definition) is 3. The van der Waals surface area contributed by atoms with Gasteiger partial charge in [0.15, 0.2) is 0 Å². The molecule has 62 valence electrons. The van der Waals surface area contributed by atoms with Crippen LogP contribution < -0.4 is 4.90 Å². The first-order valence-electron chi connectivity index (χ1n) is 3.62. The second kappa shape index (κ2) is 4.02. The molecule has 0 aliphatic carbocycles. The number of aryl methyl sites for hydroxylation is 1. The van der Waals surface area contributed by atoms with Gasteiger partial charge in [-0.1, -0.05) is 0 Å². The highest BCUT2D eigenvalue weighted by molar-refractivity contribution is 7.80. The highest BCUT2D eigenvalue weighted by Crippen LogP contribution is 2.25. The quantitative estimate of drug-likeness (QED) is 0.711. The van der Waals surface area contributed by atoms with E-state index in [0.29, 0.717) is 0 Å². The number of anilines is 1. The summed E-state index contributed by atoms with van der Waals surface area (Å²) in [6.45, 7) is 3.16. The molecule has 1 aromatic heterocycles. The van der Waals surface area contributed by atoms with Crippen molar-refractivity contribution in [3.63, 3.8) is 0 Å². The third-order valence-corrected chi connectivity index (χ3v) is 2.95. The fourth-order valence-electron chi connectivity index (χ4n) is 1.01. The lowest BCUT2D eigenvalue weighted by atomic mass is 10.3. The van der Waals surface area contributed by atoms with Crippen molar-refractivity contribution in [1.82, 2.24) is 0 Å². The maximum Gasteiger partial charge on any atom is 0.0935 e. The minimum atomic E-state index is 0.911. The van der Waals surface area contributed by atoms with Gasteiger partial charge in [0, 0.05) is 19.3 Å². The van der Waals surface area contributed by atoms with Crippen molar-refractivity contribution in [3.8, 4) is 0 Å². The normalized spacial score (nSPS) is 10.1. The van der Waals surface area contributed by atoms with E-state index < -0.39 is 0 Å². The molecule has 1 heterocycles. The molecule has 0 N–H and O–H groups in total. The summed E-state index contributed by atoms with van der Waals surface area (Å²) in [5.74, 6) is 0.911. The molecule has 0 bridgehead atoms. The molecule has 0 radical (unpaired) electrons. The van der Waals surface area contributed by atoms with Crippen molar-refractivity contribution in [3.05, 3.63) is 17.0 Å². The summed E-state index contributed by atoms with van der Waals surface area (Å²) in [6, 6.07) is 2.15. The Bertz CT molecular complexity index is 220. The van der Waals surface area contributed by atoms with Crippen LogP contribution in [0.3, 0.4) is 0 Å². The van der Waals surface area contributed by atoms with Crippen molar-refractivity contribution < 1.29 is 0 Å². The second-order valence-electron chi connectivity index (χ2n) is 2.55. The van der Waals surface area contributed by atoms with Crippen molar-refractivity contribution in [2.75, 3.05) is 24.2 Å². The van der Waals surface area contributed by atoms with Gasteiger partial charge in [-0.25, -0.2) is 0 Å². The summed E-state index contributed by atoms with van der Waals surface area (Å²) < 4.78 is 0. The van der Waals surface area contributed by atoms with Crippen LogP contribution in [0, 0.1) is 6.92 Å². The summed E-state index contributed by atoms with van der Waals surface area (Å²) in [5, 5.41) is 3.48. The molecule has 0 aliphatic rings. The lowest BCUT2D eigenvalue weighted by Crippen LogP contribution is -2.18. The van der Waals surface area contributed by atoms with E-state index in [1.807, 2.05) is 0 Å². The van der Waals surface area contributed by atoms with Crippen LogP contribution in [0.4, 0.5) is 5.00 Å². The van der Waals surface area contributed by atoms with E-state index in [1.165, 1.54) is 10.6 Å². The molecule has 0 saturated heterocycles. The van der Waals surface area contributed by atoms with Gasteiger partial charge >= 0.3 is 0 Å². The smallest absolute Gasteiger partial charge is 0.0935 e. The zero-order valence-electron chi connectivity index (χ0n) is 6.87. The third kappa shape index (κ3) is 2.14. The van der Waals surface area contributed by atoms with Crippen LogP contribution in [0.1, 0.15) is 5.56 Å². The first-order chi connectivity index (χ1) is 5.25. The Kier molecular flexibility index (Phi) is 3.27. The average molecular weight is 187 g/mol. The van der Waals surface area contributed by atoms with Crippen LogP contribution in [0.15, 0.2) is 11.4 Å². The number of rotatable bonds is 3. The van der Waals surface area contributed by atoms with Gasteiger partial charge in [-0.15, -0.1) is 11.3 Å². The first kappa shape index (κ1) is 8.94. The van der Waals surface area contributed by atoms with Crippen molar-refractivity contribution in [1.29, 1.82) is 0 Å². The number of thiophene rings is 1. The number of nitrogens with zero attached hydrogens (tertiary/aromatic N) is 1. The molecule has 0 amide bonds. The van der Waals surface area contributed by atoms with Gasteiger partial charge in [-0.2, -0.15) is 12.6 Å². The van der Waals surface area contributed by atoms with Gasteiger partial charge in [0.05, 0.1) is 5.00 Å². The molecule has 11 heavy (non-hydrogen) atoms. The summed E-state index contributed by atoms with van der Waals surface area (Å²) in [6.07, 6.45) is 0. The van der Waals surface area contributed by atoms with Crippen molar-refractivity contribution >= 4 is 29.0 Å². The van der Waals surface area contributed by atoms with Crippen molar-refractivity contribution in [2.45, 2.75) is 6.92 Å². The van der Waals surface area contributed by atoms with E-state index >= 15 is 0 Å². The molecule has 0 aliphatic heterocycles. The average Bonchev–Trinajstić information content (AvgIpc) is 2.36. The molecule has 0 aromatic carbocycles. The number of thiol groups is 1. The molecule has 0 saturated carbocycles. The molecular weight excluding hydrogens is 174 g/mol. The lowest BCUT2D eigenvalue weighted by Gasteiger charge is -2.16. The maximum absolute atomic E-state index is 4.19. The van der Waals surface area contributed by atoms with E-state index in [1.54, 1.807) is 11.3 Å². The molecular formula is C8H13NS2. The van der Waals surface area contributed by atoms with Gasteiger partial charge in [-0.05, 0) is 23.9 Å². The third-order valence-electron chi connectivity index (χ3n) is 1.62. The van der Waals surface area contributed by atoms with E-state index in [-0.39, 0.29) is 0 Å². The van der Waals surface area contributed by atoms with Gasteiger partial charge in [0.2, 0.25) is 0 Å². The van der Waals surface area contributed by atoms with Crippen LogP contribution in [-0.2, 0) is 0 Å². The van der Waals surface area contributed by atoms with E-state index in [0.717, 1.165) is 12.3 Å². The van der Waals surface area contributed by atoms with Crippen molar-refractivity contribution in [2.24, 2.45) is 0 Å². The summed E-state index contributed by atoms with van der Waals surface area (Å²) >= 11 is 5.98. The molecule has 0 unspecified atom stereocenters. The summed E-state index contributed by atoms with van der Waals surface area (Å²) in [4.78, 5) is 2.24. The Morgan fingerprint density at radius 3 is 2.82 bits per heavy atom. The predicted octanol–water partition coefficient (Wildman–Crippen LogP) is 2.42. The van der Waals surface area contributed by atoms with E-state index in [2.05, 4.69) is 42.9 Å². The van der Waals surface area contributed by atoms with E-state index in [9.17, 15) is 0 Å². The molecule has 0 atom stereocenters. The maximum atomic E-state index is 4.19.